The first kappa shape index (κ1) is 19.4. The number of nitrogens with one attached hydrogen (secondary N) is 2. The summed E-state index contributed by atoms with van der Waals surface area (Å²) in [7, 11) is 0. The van der Waals surface area contributed by atoms with Crippen molar-refractivity contribution in [3.8, 4) is 0 Å². The van der Waals surface area contributed by atoms with E-state index in [9.17, 15) is 9.59 Å². The quantitative estimate of drug-likeness (QED) is 0.716. The van der Waals surface area contributed by atoms with Gasteiger partial charge in [-0.3, -0.25) is 14.3 Å². The van der Waals surface area contributed by atoms with Gasteiger partial charge in [0.05, 0.1) is 11.9 Å². The highest BCUT2D eigenvalue weighted by atomic mass is 16.5. The van der Waals surface area contributed by atoms with Crippen LogP contribution < -0.4 is 10.6 Å². The van der Waals surface area contributed by atoms with E-state index in [-0.39, 0.29) is 18.4 Å². The molecule has 7 nitrogen and oxygen atoms in total. The van der Waals surface area contributed by atoms with Crippen LogP contribution in [0.15, 0.2) is 12.4 Å². The lowest BCUT2D eigenvalue weighted by Crippen LogP contribution is -2.35. The highest BCUT2D eigenvalue weighted by molar-refractivity contribution is 5.93. The molecule has 7 heteroatoms. The Morgan fingerprint density at radius 2 is 2.04 bits per heavy atom. The maximum absolute atomic E-state index is 12.1. The third-order valence-electron chi connectivity index (χ3n) is 4.36. The van der Waals surface area contributed by atoms with Crippen molar-refractivity contribution in [1.29, 1.82) is 0 Å². The molecule has 1 saturated carbocycles. The Hall–Kier alpha value is -1.89. The molecule has 0 aromatic carbocycles. The normalized spacial score (nSPS) is 16.2. The van der Waals surface area contributed by atoms with Crippen molar-refractivity contribution < 1.29 is 14.3 Å². The van der Waals surface area contributed by atoms with E-state index in [1.165, 1.54) is 17.5 Å². The smallest absolute Gasteiger partial charge is 0.253 e. The van der Waals surface area contributed by atoms with Crippen LogP contribution in [0, 0.1) is 5.92 Å². The molecule has 1 aliphatic rings. The summed E-state index contributed by atoms with van der Waals surface area (Å²) in [6, 6.07) is 0.297. The molecule has 2 N–H and O–H groups in total. The van der Waals surface area contributed by atoms with Crippen molar-refractivity contribution in [2.24, 2.45) is 5.92 Å². The minimum atomic E-state index is -0.521. The minimum Gasteiger partial charge on any atom is -0.369 e. The first-order chi connectivity index (χ1) is 11.9. The molecule has 1 heterocycles. The van der Waals surface area contributed by atoms with E-state index >= 15 is 0 Å². The fraction of sp³-hybridized carbons (Fsp3) is 0.722. The predicted molar refractivity (Wildman–Crippen MR) is 96.1 cm³/mol. The van der Waals surface area contributed by atoms with Crippen LogP contribution in [-0.4, -0.2) is 40.3 Å². The monoisotopic (exact) mass is 350 g/mol. The molecule has 1 aromatic rings. The number of carbonyl (C=O) groups excluding carboxylic acids is 2. The van der Waals surface area contributed by atoms with E-state index in [0.717, 1.165) is 19.3 Å². The van der Waals surface area contributed by atoms with E-state index in [1.54, 1.807) is 19.3 Å². The third-order valence-corrected chi connectivity index (χ3v) is 4.36. The molecule has 1 atom stereocenters. The summed E-state index contributed by atoms with van der Waals surface area (Å²) in [5.41, 5.74) is 0.568. The average molecular weight is 350 g/mol. The molecule has 0 radical (unpaired) electrons. The number of rotatable bonds is 9. The Labute approximate surface area is 149 Å². The van der Waals surface area contributed by atoms with Gasteiger partial charge in [0.15, 0.2) is 0 Å². The number of ether oxygens (including phenoxy) is 1. The standard InChI is InChI=1S/C18H30N4O3/c1-13(2)8-9-25-14(3)18(24)21-16-10-19-22(11-16)12-17(23)20-15-6-4-5-7-15/h10-11,13-15H,4-9,12H2,1-3H3,(H,20,23)(H,21,24). The summed E-state index contributed by atoms with van der Waals surface area (Å²) in [5, 5.41) is 9.92. The predicted octanol–water partition coefficient (Wildman–Crippen LogP) is 2.33. The van der Waals surface area contributed by atoms with Crippen LogP contribution in [0.3, 0.4) is 0 Å². The molecular weight excluding hydrogens is 320 g/mol. The van der Waals surface area contributed by atoms with Crippen LogP contribution in [-0.2, 0) is 20.9 Å². The topological polar surface area (TPSA) is 85.2 Å². The summed E-state index contributed by atoms with van der Waals surface area (Å²) in [5.74, 6) is 0.292. The maximum atomic E-state index is 12.1. The Bertz CT molecular complexity index is 564. The molecule has 25 heavy (non-hydrogen) atoms. The number of carbonyl (C=O) groups is 2. The van der Waals surface area contributed by atoms with Crippen LogP contribution in [0.25, 0.3) is 0 Å². The molecular formula is C18H30N4O3. The molecule has 0 aliphatic heterocycles. The summed E-state index contributed by atoms with van der Waals surface area (Å²) in [6.07, 6.45) is 8.08. The second kappa shape index (κ2) is 9.56. The molecule has 2 rings (SSSR count). The summed E-state index contributed by atoms with van der Waals surface area (Å²) < 4.78 is 7.06. The van der Waals surface area contributed by atoms with Gasteiger partial charge < -0.3 is 15.4 Å². The number of nitrogens with zero attached hydrogens (tertiary/aromatic N) is 2. The van der Waals surface area contributed by atoms with Crippen molar-refractivity contribution in [2.75, 3.05) is 11.9 Å². The van der Waals surface area contributed by atoms with Crippen molar-refractivity contribution >= 4 is 17.5 Å². The van der Waals surface area contributed by atoms with Gasteiger partial charge in [0.2, 0.25) is 5.91 Å². The summed E-state index contributed by atoms with van der Waals surface area (Å²) in [4.78, 5) is 24.1. The van der Waals surface area contributed by atoms with Crippen molar-refractivity contribution in [1.82, 2.24) is 15.1 Å². The van der Waals surface area contributed by atoms with E-state index in [4.69, 9.17) is 4.74 Å². The average Bonchev–Trinajstić information content (AvgIpc) is 3.19. The van der Waals surface area contributed by atoms with E-state index in [2.05, 4.69) is 29.6 Å². The largest absolute Gasteiger partial charge is 0.369 e. The lowest BCUT2D eigenvalue weighted by Gasteiger charge is -2.13. The number of aromatic nitrogens is 2. The van der Waals surface area contributed by atoms with Gasteiger partial charge in [-0.2, -0.15) is 5.10 Å². The van der Waals surface area contributed by atoms with Crippen LogP contribution in [0.4, 0.5) is 5.69 Å². The summed E-state index contributed by atoms with van der Waals surface area (Å²) in [6.45, 7) is 6.69. The molecule has 140 valence electrons. The third kappa shape index (κ3) is 6.86. The van der Waals surface area contributed by atoms with Gasteiger partial charge in [-0.25, -0.2) is 0 Å². The number of hydrogen-bond acceptors (Lipinski definition) is 4. The molecule has 1 aromatic heterocycles. The molecule has 1 fully saturated rings. The highest BCUT2D eigenvalue weighted by Gasteiger charge is 2.18. The second-order valence-corrected chi connectivity index (χ2v) is 7.16. The number of hydrogen-bond donors (Lipinski definition) is 2. The van der Waals surface area contributed by atoms with Gasteiger partial charge in [-0.05, 0) is 32.1 Å². The lowest BCUT2D eigenvalue weighted by atomic mass is 10.1. The Morgan fingerprint density at radius 1 is 1.32 bits per heavy atom. The van der Waals surface area contributed by atoms with Gasteiger partial charge in [0.1, 0.15) is 12.6 Å². The molecule has 1 unspecified atom stereocenters. The molecule has 2 amide bonds. The number of amides is 2. The van der Waals surface area contributed by atoms with Crippen molar-refractivity contribution in [3.05, 3.63) is 12.4 Å². The highest BCUT2D eigenvalue weighted by Crippen LogP contribution is 2.17. The Morgan fingerprint density at radius 3 is 2.72 bits per heavy atom. The van der Waals surface area contributed by atoms with Crippen molar-refractivity contribution in [3.63, 3.8) is 0 Å². The van der Waals surface area contributed by atoms with Crippen LogP contribution in [0.1, 0.15) is 52.9 Å². The Kier molecular flexibility index (Phi) is 7.43. The first-order valence-corrected chi connectivity index (χ1v) is 9.18. The van der Waals surface area contributed by atoms with Gasteiger partial charge >= 0.3 is 0 Å². The van der Waals surface area contributed by atoms with Gasteiger partial charge in [0.25, 0.3) is 5.91 Å². The second-order valence-electron chi connectivity index (χ2n) is 7.16. The summed E-state index contributed by atoms with van der Waals surface area (Å²) >= 11 is 0. The van der Waals surface area contributed by atoms with Gasteiger partial charge in [0, 0.05) is 18.8 Å². The molecule has 0 spiro atoms. The van der Waals surface area contributed by atoms with Crippen molar-refractivity contribution in [2.45, 2.75) is 71.6 Å². The fourth-order valence-corrected chi connectivity index (χ4v) is 2.81. The Balaban J connectivity index is 1.74. The zero-order valence-corrected chi connectivity index (χ0v) is 15.5. The van der Waals surface area contributed by atoms with Crippen LogP contribution in [0.2, 0.25) is 0 Å². The molecule has 0 bridgehead atoms. The first-order valence-electron chi connectivity index (χ1n) is 9.18. The van der Waals surface area contributed by atoms with Gasteiger partial charge in [-0.1, -0.05) is 26.7 Å². The van der Waals surface area contributed by atoms with Crippen LogP contribution >= 0.6 is 0 Å². The fourth-order valence-electron chi connectivity index (χ4n) is 2.81. The van der Waals surface area contributed by atoms with Gasteiger partial charge in [-0.15, -0.1) is 0 Å². The van der Waals surface area contributed by atoms with E-state index < -0.39 is 6.10 Å². The van der Waals surface area contributed by atoms with E-state index in [1.807, 2.05) is 0 Å². The van der Waals surface area contributed by atoms with E-state index in [0.29, 0.717) is 24.3 Å². The zero-order valence-electron chi connectivity index (χ0n) is 15.5. The molecule has 1 aliphatic carbocycles. The minimum absolute atomic E-state index is 0.0433. The molecule has 0 saturated heterocycles. The number of anilines is 1. The SMILES string of the molecule is CC(C)CCOC(C)C(=O)Nc1cnn(CC(=O)NC2CCCC2)c1. The zero-order chi connectivity index (χ0) is 18.2. The van der Waals surface area contributed by atoms with Crippen LogP contribution in [0.5, 0.6) is 0 Å². The lowest BCUT2D eigenvalue weighted by molar-refractivity contribution is -0.126. The maximum Gasteiger partial charge on any atom is 0.253 e.